The first-order chi connectivity index (χ1) is 9.35. The summed E-state index contributed by atoms with van der Waals surface area (Å²) < 4.78 is 0. The maximum absolute atomic E-state index is 3.58. The van der Waals surface area contributed by atoms with Crippen molar-refractivity contribution in [1.29, 1.82) is 0 Å². The summed E-state index contributed by atoms with van der Waals surface area (Å²) in [5.41, 5.74) is 0. The van der Waals surface area contributed by atoms with Crippen LogP contribution in [0.1, 0.15) is 50.4 Å². The Morgan fingerprint density at radius 2 is 2.32 bits per heavy atom. The maximum atomic E-state index is 3.58. The zero-order valence-electron chi connectivity index (χ0n) is 12.4. The highest BCUT2D eigenvalue weighted by Crippen LogP contribution is 2.33. The average molecular weight is 280 g/mol. The summed E-state index contributed by atoms with van der Waals surface area (Å²) in [6, 6.07) is 5.17. The molecule has 2 unspecified atom stereocenters. The molecular formula is C16H28N2S. The van der Waals surface area contributed by atoms with Gasteiger partial charge in [0, 0.05) is 17.5 Å². The highest BCUT2D eigenvalue weighted by atomic mass is 32.1. The molecule has 0 aliphatic carbocycles. The molecule has 0 radical (unpaired) electrons. The topological polar surface area (TPSA) is 15.3 Å². The SMILES string of the molecule is CCCNCC1CCN(C(CCC)c2cccs2)C1. The van der Waals surface area contributed by atoms with Crippen molar-refractivity contribution in [3.63, 3.8) is 0 Å². The zero-order chi connectivity index (χ0) is 13.5. The second-order valence-corrected chi connectivity index (χ2v) is 6.65. The summed E-state index contributed by atoms with van der Waals surface area (Å²) in [6.45, 7) is 9.47. The Kier molecular flexibility index (Phi) is 6.35. The van der Waals surface area contributed by atoms with E-state index >= 15 is 0 Å². The van der Waals surface area contributed by atoms with E-state index in [-0.39, 0.29) is 0 Å². The van der Waals surface area contributed by atoms with Gasteiger partial charge in [-0.25, -0.2) is 0 Å². The van der Waals surface area contributed by atoms with E-state index in [2.05, 4.69) is 41.6 Å². The summed E-state index contributed by atoms with van der Waals surface area (Å²) in [4.78, 5) is 4.28. The molecule has 0 amide bonds. The quantitative estimate of drug-likeness (QED) is 0.726. The number of nitrogens with zero attached hydrogens (tertiary/aromatic N) is 1. The molecule has 1 aromatic rings. The van der Waals surface area contributed by atoms with E-state index < -0.39 is 0 Å². The van der Waals surface area contributed by atoms with Gasteiger partial charge in [-0.1, -0.05) is 26.3 Å². The Hall–Kier alpha value is -0.380. The van der Waals surface area contributed by atoms with Crippen molar-refractivity contribution >= 4 is 11.3 Å². The minimum atomic E-state index is 0.668. The van der Waals surface area contributed by atoms with Gasteiger partial charge >= 0.3 is 0 Å². The monoisotopic (exact) mass is 280 g/mol. The number of likely N-dealkylation sites (tertiary alicyclic amines) is 1. The molecule has 108 valence electrons. The first-order valence-electron chi connectivity index (χ1n) is 7.83. The van der Waals surface area contributed by atoms with Crippen LogP contribution >= 0.6 is 11.3 Å². The molecule has 2 heterocycles. The first-order valence-corrected chi connectivity index (χ1v) is 8.71. The number of nitrogens with one attached hydrogen (secondary N) is 1. The van der Waals surface area contributed by atoms with Crippen LogP contribution in [0.2, 0.25) is 0 Å². The molecule has 0 spiro atoms. The van der Waals surface area contributed by atoms with Crippen LogP contribution in [0.4, 0.5) is 0 Å². The van der Waals surface area contributed by atoms with Crippen LogP contribution in [-0.2, 0) is 0 Å². The molecule has 1 aliphatic heterocycles. The standard InChI is InChI=1S/C16H28N2S/c1-3-6-15(16-7-5-11-19-16)18-10-8-14(13-18)12-17-9-4-2/h5,7,11,14-15,17H,3-4,6,8-10,12-13H2,1-2H3. The molecule has 1 aromatic heterocycles. The predicted molar refractivity (Wildman–Crippen MR) is 84.8 cm³/mol. The van der Waals surface area contributed by atoms with Gasteiger partial charge in [-0.05, 0) is 56.3 Å². The summed E-state index contributed by atoms with van der Waals surface area (Å²) in [5, 5.41) is 5.80. The maximum Gasteiger partial charge on any atom is 0.0441 e. The number of rotatable bonds is 8. The van der Waals surface area contributed by atoms with Gasteiger partial charge in [0.05, 0.1) is 0 Å². The molecule has 2 rings (SSSR count). The second kappa shape index (κ2) is 8.03. The minimum Gasteiger partial charge on any atom is -0.316 e. The molecule has 1 saturated heterocycles. The fourth-order valence-corrected chi connectivity index (χ4v) is 3.95. The van der Waals surface area contributed by atoms with Crippen molar-refractivity contribution in [3.05, 3.63) is 22.4 Å². The van der Waals surface area contributed by atoms with E-state index in [1.54, 1.807) is 4.88 Å². The van der Waals surface area contributed by atoms with Crippen molar-refractivity contribution in [2.75, 3.05) is 26.2 Å². The van der Waals surface area contributed by atoms with E-state index in [4.69, 9.17) is 0 Å². The lowest BCUT2D eigenvalue weighted by Crippen LogP contribution is -2.29. The fourth-order valence-electron chi connectivity index (χ4n) is 3.05. The third-order valence-electron chi connectivity index (χ3n) is 4.05. The van der Waals surface area contributed by atoms with Gasteiger partial charge in [-0.15, -0.1) is 11.3 Å². The molecule has 1 N–H and O–H groups in total. The van der Waals surface area contributed by atoms with Gasteiger partial charge in [-0.3, -0.25) is 4.90 Å². The molecule has 0 aromatic carbocycles. The van der Waals surface area contributed by atoms with Crippen LogP contribution < -0.4 is 5.32 Å². The van der Waals surface area contributed by atoms with Crippen LogP contribution in [-0.4, -0.2) is 31.1 Å². The lowest BCUT2D eigenvalue weighted by Gasteiger charge is -2.27. The molecule has 1 fully saturated rings. The van der Waals surface area contributed by atoms with Crippen molar-refractivity contribution in [1.82, 2.24) is 10.2 Å². The van der Waals surface area contributed by atoms with E-state index in [0.29, 0.717) is 6.04 Å². The smallest absolute Gasteiger partial charge is 0.0441 e. The summed E-state index contributed by atoms with van der Waals surface area (Å²) >= 11 is 1.92. The van der Waals surface area contributed by atoms with Crippen LogP contribution in [0.15, 0.2) is 17.5 Å². The fraction of sp³-hybridized carbons (Fsp3) is 0.750. The number of hydrogen-bond acceptors (Lipinski definition) is 3. The lowest BCUT2D eigenvalue weighted by molar-refractivity contribution is 0.226. The van der Waals surface area contributed by atoms with Crippen LogP contribution in [0.3, 0.4) is 0 Å². The van der Waals surface area contributed by atoms with Crippen molar-refractivity contribution in [3.8, 4) is 0 Å². The Morgan fingerprint density at radius 3 is 3.00 bits per heavy atom. The van der Waals surface area contributed by atoms with Crippen LogP contribution in [0.25, 0.3) is 0 Å². The molecule has 19 heavy (non-hydrogen) atoms. The van der Waals surface area contributed by atoms with Gasteiger partial charge in [-0.2, -0.15) is 0 Å². The number of hydrogen-bond donors (Lipinski definition) is 1. The van der Waals surface area contributed by atoms with Gasteiger partial charge in [0.1, 0.15) is 0 Å². The molecule has 0 saturated carbocycles. The second-order valence-electron chi connectivity index (χ2n) is 5.67. The summed E-state index contributed by atoms with van der Waals surface area (Å²) in [5.74, 6) is 0.853. The third kappa shape index (κ3) is 4.30. The summed E-state index contributed by atoms with van der Waals surface area (Å²) in [6.07, 6.45) is 5.18. The normalized spacial score (nSPS) is 21.9. The third-order valence-corrected chi connectivity index (χ3v) is 5.03. The Balaban J connectivity index is 1.86. The molecule has 2 atom stereocenters. The van der Waals surface area contributed by atoms with E-state index in [1.165, 1.54) is 51.9 Å². The molecule has 2 nitrogen and oxygen atoms in total. The molecule has 0 bridgehead atoms. The van der Waals surface area contributed by atoms with Gasteiger partial charge < -0.3 is 5.32 Å². The number of thiophene rings is 1. The van der Waals surface area contributed by atoms with Crippen molar-refractivity contribution in [2.45, 2.75) is 45.6 Å². The van der Waals surface area contributed by atoms with Crippen LogP contribution in [0, 0.1) is 5.92 Å². The van der Waals surface area contributed by atoms with Crippen LogP contribution in [0.5, 0.6) is 0 Å². The van der Waals surface area contributed by atoms with Gasteiger partial charge in [0.2, 0.25) is 0 Å². The highest BCUT2D eigenvalue weighted by Gasteiger charge is 2.28. The Bertz CT molecular complexity index is 337. The van der Waals surface area contributed by atoms with Crippen molar-refractivity contribution < 1.29 is 0 Å². The summed E-state index contributed by atoms with van der Waals surface area (Å²) in [7, 11) is 0. The van der Waals surface area contributed by atoms with Crippen molar-refractivity contribution in [2.24, 2.45) is 5.92 Å². The highest BCUT2D eigenvalue weighted by molar-refractivity contribution is 7.10. The zero-order valence-corrected chi connectivity index (χ0v) is 13.2. The Morgan fingerprint density at radius 1 is 1.42 bits per heavy atom. The van der Waals surface area contributed by atoms with E-state index in [9.17, 15) is 0 Å². The molecule has 1 aliphatic rings. The van der Waals surface area contributed by atoms with E-state index in [1.807, 2.05) is 11.3 Å². The lowest BCUT2D eigenvalue weighted by atomic mass is 10.1. The minimum absolute atomic E-state index is 0.668. The largest absolute Gasteiger partial charge is 0.316 e. The predicted octanol–water partition coefficient (Wildman–Crippen LogP) is 3.91. The molecular weight excluding hydrogens is 252 g/mol. The van der Waals surface area contributed by atoms with E-state index in [0.717, 1.165) is 5.92 Å². The average Bonchev–Trinajstić information content (AvgIpc) is 3.08. The molecule has 3 heteroatoms. The van der Waals surface area contributed by atoms with Gasteiger partial charge in [0.15, 0.2) is 0 Å². The first kappa shape index (κ1) is 15.0. The Labute approximate surface area is 122 Å². The van der Waals surface area contributed by atoms with Gasteiger partial charge in [0.25, 0.3) is 0 Å².